The predicted octanol–water partition coefficient (Wildman–Crippen LogP) is 3.52. The maximum atomic E-state index is 11.7. The van der Waals surface area contributed by atoms with E-state index in [1.807, 2.05) is 6.07 Å². The summed E-state index contributed by atoms with van der Waals surface area (Å²) in [5.74, 6) is 0.150. The van der Waals surface area contributed by atoms with Crippen LogP contribution in [-0.4, -0.2) is 10.8 Å². The third-order valence-corrected chi connectivity index (χ3v) is 2.61. The fourth-order valence-electron chi connectivity index (χ4n) is 1.29. The number of rotatable bonds is 3. The number of halogens is 2. The van der Waals surface area contributed by atoms with Gasteiger partial charge in [-0.2, -0.15) is 0 Å². The fourth-order valence-corrected chi connectivity index (χ4v) is 1.85. The van der Waals surface area contributed by atoms with Crippen molar-refractivity contribution in [1.29, 1.82) is 0 Å². The molecule has 0 bridgehead atoms. The van der Waals surface area contributed by atoms with Crippen LogP contribution in [0, 0.1) is 0 Å². The lowest BCUT2D eigenvalue weighted by atomic mass is 10.1. The molecule has 2 aromatic heterocycles. The van der Waals surface area contributed by atoms with E-state index in [0.717, 1.165) is 10.0 Å². The van der Waals surface area contributed by atoms with Gasteiger partial charge in [-0.3, -0.25) is 9.78 Å². The van der Waals surface area contributed by atoms with Crippen molar-refractivity contribution in [2.45, 2.75) is 6.42 Å². The first-order chi connectivity index (χ1) is 7.65. The van der Waals surface area contributed by atoms with Gasteiger partial charge in [-0.25, -0.2) is 0 Å². The van der Waals surface area contributed by atoms with Gasteiger partial charge in [0.1, 0.15) is 0 Å². The van der Waals surface area contributed by atoms with Crippen LogP contribution in [-0.2, 0) is 6.42 Å². The van der Waals surface area contributed by atoms with Gasteiger partial charge in [-0.05, 0) is 51.3 Å². The molecule has 82 valence electrons. The minimum Gasteiger partial charge on any atom is -0.442 e. The highest BCUT2D eigenvalue weighted by Crippen LogP contribution is 2.16. The van der Waals surface area contributed by atoms with Gasteiger partial charge < -0.3 is 4.42 Å². The molecule has 0 saturated heterocycles. The molecular formula is C11H7BrClNO2. The van der Waals surface area contributed by atoms with Gasteiger partial charge in [-0.15, -0.1) is 0 Å². The van der Waals surface area contributed by atoms with E-state index in [1.165, 1.54) is 0 Å². The first kappa shape index (κ1) is 11.4. The number of hydrogen-bond donors (Lipinski definition) is 0. The standard InChI is InChI=1S/C11H7BrClNO2/c12-8-3-7(5-14-6-8)4-9(15)10-1-2-11(13)16-10/h1-3,5-6H,4H2. The van der Waals surface area contributed by atoms with Crippen LogP contribution in [0.15, 0.2) is 39.5 Å². The van der Waals surface area contributed by atoms with E-state index in [9.17, 15) is 4.79 Å². The summed E-state index contributed by atoms with van der Waals surface area (Å²) in [6.45, 7) is 0. The quantitative estimate of drug-likeness (QED) is 0.815. The molecule has 0 atom stereocenters. The molecular weight excluding hydrogens is 293 g/mol. The third-order valence-electron chi connectivity index (χ3n) is 1.97. The Morgan fingerprint density at radius 1 is 1.44 bits per heavy atom. The van der Waals surface area contributed by atoms with Gasteiger partial charge in [-0.1, -0.05) is 0 Å². The lowest BCUT2D eigenvalue weighted by molar-refractivity contribution is 0.0966. The molecule has 0 fully saturated rings. The maximum Gasteiger partial charge on any atom is 0.202 e. The van der Waals surface area contributed by atoms with E-state index >= 15 is 0 Å². The van der Waals surface area contributed by atoms with Crippen LogP contribution in [0.4, 0.5) is 0 Å². The average Bonchev–Trinajstić information content (AvgIpc) is 2.65. The van der Waals surface area contributed by atoms with E-state index in [0.29, 0.717) is 0 Å². The van der Waals surface area contributed by atoms with Gasteiger partial charge in [0.15, 0.2) is 11.0 Å². The Hall–Kier alpha value is -1.13. The second-order valence-corrected chi connectivity index (χ2v) is 4.50. The Bertz CT molecular complexity index is 524. The molecule has 0 amide bonds. The Labute approximate surface area is 106 Å². The average molecular weight is 301 g/mol. The maximum absolute atomic E-state index is 11.7. The first-order valence-corrected chi connectivity index (χ1v) is 5.70. The molecule has 0 aliphatic heterocycles. The molecule has 0 saturated carbocycles. The Balaban J connectivity index is 2.13. The smallest absolute Gasteiger partial charge is 0.202 e. The monoisotopic (exact) mass is 299 g/mol. The van der Waals surface area contributed by atoms with Crippen molar-refractivity contribution in [2.24, 2.45) is 0 Å². The summed E-state index contributed by atoms with van der Waals surface area (Å²) in [6.07, 6.45) is 3.56. The molecule has 16 heavy (non-hydrogen) atoms. The van der Waals surface area contributed by atoms with Crippen LogP contribution < -0.4 is 0 Å². The Morgan fingerprint density at radius 3 is 2.88 bits per heavy atom. The summed E-state index contributed by atoms with van der Waals surface area (Å²) in [7, 11) is 0. The van der Waals surface area contributed by atoms with Gasteiger partial charge in [0.25, 0.3) is 0 Å². The second-order valence-electron chi connectivity index (χ2n) is 3.22. The number of pyridine rings is 1. The first-order valence-electron chi connectivity index (χ1n) is 4.53. The van der Waals surface area contributed by atoms with E-state index in [-0.39, 0.29) is 23.2 Å². The molecule has 2 heterocycles. The number of aromatic nitrogens is 1. The molecule has 2 aromatic rings. The van der Waals surface area contributed by atoms with E-state index in [2.05, 4.69) is 20.9 Å². The third kappa shape index (κ3) is 2.71. The van der Waals surface area contributed by atoms with Crippen molar-refractivity contribution < 1.29 is 9.21 Å². The largest absolute Gasteiger partial charge is 0.442 e. The molecule has 3 nitrogen and oxygen atoms in total. The number of carbonyl (C=O) groups excluding carboxylic acids is 1. The minimum absolute atomic E-state index is 0.119. The highest BCUT2D eigenvalue weighted by atomic mass is 79.9. The van der Waals surface area contributed by atoms with Crippen molar-refractivity contribution in [3.63, 3.8) is 0 Å². The highest BCUT2D eigenvalue weighted by Gasteiger charge is 2.11. The topological polar surface area (TPSA) is 43.1 Å². The number of furan rings is 1. The van der Waals surface area contributed by atoms with Crippen molar-refractivity contribution in [3.8, 4) is 0 Å². The zero-order valence-corrected chi connectivity index (χ0v) is 10.5. The molecule has 0 unspecified atom stereocenters. The molecule has 5 heteroatoms. The minimum atomic E-state index is -0.119. The van der Waals surface area contributed by atoms with E-state index in [4.69, 9.17) is 16.0 Å². The lowest BCUT2D eigenvalue weighted by Crippen LogP contribution is -2.02. The van der Waals surface area contributed by atoms with Crippen molar-refractivity contribution in [1.82, 2.24) is 4.98 Å². The number of nitrogens with zero attached hydrogens (tertiary/aromatic N) is 1. The summed E-state index contributed by atoms with van der Waals surface area (Å²) in [6, 6.07) is 4.96. The number of carbonyl (C=O) groups is 1. The summed E-state index contributed by atoms with van der Waals surface area (Å²) >= 11 is 8.89. The molecule has 0 aromatic carbocycles. The zero-order chi connectivity index (χ0) is 11.5. The van der Waals surface area contributed by atoms with E-state index in [1.54, 1.807) is 24.5 Å². The van der Waals surface area contributed by atoms with Crippen LogP contribution in [0.2, 0.25) is 5.22 Å². The number of ketones is 1. The normalized spacial score (nSPS) is 10.4. The SMILES string of the molecule is O=C(Cc1cncc(Br)c1)c1ccc(Cl)o1. The molecule has 0 radical (unpaired) electrons. The van der Waals surface area contributed by atoms with Crippen LogP contribution in [0.3, 0.4) is 0 Å². The summed E-state index contributed by atoms with van der Waals surface area (Å²) in [4.78, 5) is 15.7. The van der Waals surface area contributed by atoms with E-state index < -0.39 is 0 Å². The van der Waals surface area contributed by atoms with Gasteiger partial charge in [0.2, 0.25) is 5.78 Å². The summed E-state index contributed by atoms with van der Waals surface area (Å²) in [5, 5.41) is 0.218. The number of Topliss-reactive ketones (excluding diaryl/α,β-unsaturated/α-hetero) is 1. The summed E-state index contributed by atoms with van der Waals surface area (Å²) in [5.41, 5.74) is 0.826. The number of hydrogen-bond acceptors (Lipinski definition) is 3. The predicted molar refractivity (Wildman–Crippen MR) is 63.7 cm³/mol. The Morgan fingerprint density at radius 2 is 2.25 bits per heavy atom. The molecule has 0 N–H and O–H groups in total. The van der Waals surface area contributed by atoms with Crippen LogP contribution in [0.25, 0.3) is 0 Å². The second kappa shape index (κ2) is 4.80. The van der Waals surface area contributed by atoms with Crippen molar-refractivity contribution >= 4 is 33.3 Å². The molecule has 0 aliphatic rings. The van der Waals surface area contributed by atoms with Crippen LogP contribution >= 0.6 is 27.5 Å². The van der Waals surface area contributed by atoms with Crippen LogP contribution in [0.1, 0.15) is 16.1 Å². The van der Waals surface area contributed by atoms with Crippen LogP contribution in [0.5, 0.6) is 0 Å². The van der Waals surface area contributed by atoms with Crippen molar-refractivity contribution in [2.75, 3.05) is 0 Å². The van der Waals surface area contributed by atoms with Gasteiger partial charge >= 0.3 is 0 Å². The van der Waals surface area contributed by atoms with Gasteiger partial charge in [0, 0.05) is 23.3 Å². The van der Waals surface area contributed by atoms with Crippen molar-refractivity contribution in [3.05, 3.63) is 51.6 Å². The Kier molecular flexibility index (Phi) is 3.41. The lowest BCUT2D eigenvalue weighted by Gasteiger charge is -1.98. The van der Waals surface area contributed by atoms with Gasteiger partial charge in [0.05, 0.1) is 0 Å². The summed E-state index contributed by atoms with van der Waals surface area (Å²) < 4.78 is 5.87. The zero-order valence-electron chi connectivity index (χ0n) is 8.11. The fraction of sp³-hybridized carbons (Fsp3) is 0.0909. The molecule has 0 spiro atoms. The highest BCUT2D eigenvalue weighted by molar-refractivity contribution is 9.10. The molecule has 2 rings (SSSR count). The molecule has 0 aliphatic carbocycles.